The molecule has 2 heteroatoms. The third-order valence-corrected chi connectivity index (χ3v) is 2.93. The monoisotopic (exact) mass is 187 g/mol. The van der Waals surface area contributed by atoms with E-state index in [-0.39, 0.29) is 5.60 Å². The Balaban J connectivity index is 1.88. The summed E-state index contributed by atoms with van der Waals surface area (Å²) >= 11 is 0. The van der Waals surface area contributed by atoms with E-state index in [9.17, 15) is 0 Å². The average Bonchev–Trinajstić information content (AvgIpc) is 2.73. The topological polar surface area (TPSA) is 21.6 Å². The van der Waals surface area contributed by atoms with Crippen LogP contribution in [0.4, 0.5) is 0 Å². The molecule has 3 rings (SSSR count). The van der Waals surface area contributed by atoms with Crippen molar-refractivity contribution in [2.75, 3.05) is 0 Å². The van der Waals surface area contributed by atoms with Gasteiger partial charge in [-0.3, -0.25) is 4.99 Å². The van der Waals surface area contributed by atoms with E-state index >= 15 is 0 Å². The first kappa shape index (κ1) is 8.04. The Morgan fingerprint density at radius 1 is 1.36 bits per heavy atom. The van der Waals surface area contributed by atoms with Gasteiger partial charge in [-0.05, 0) is 37.5 Å². The van der Waals surface area contributed by atoms with Gasteiger partial charge in [0.1, 0.15) is 11.4 Å². The van der Waals surface area contributed by atoms with Crippen LogP contribution in [0.2, 0.25) is 0 Å². The van der Waals surface area contributed by atoms with Crippen LogP contribution in [0.3, 0.4) is 0 Å². The van der Waals surface area contributed by atoms with E-state index < -0.39 is 0 Å². The van der Waals surface area contributed by atoms with Gasteiger partial charge >= 0.3 is 0 Å². The third-order valence-electron chi connectivity index (χ3n) is 2.93. The highest BCUT2D eigenvalue weighted by Gasteiger charge is 2.40. The predicted octanol–water partition coefficient (Wildman–Crippen LogP) is 2.55. The lowest BCUT2D eigenvalue weighted by Crippen LogP contribution is -2.12. The molecule has 0 bridgehead atoms. The molecular weight excluding hydrogens is 174 g/mol. The minimum Gasteiger partial charge on any atom is -0.488 e. The van der Waals surface area contributed by atoms with Gasteiger partial charge in [0.25, 0.3) is 0 Å². The smallest absolute Gasteiger partial charge is 0.120 e. The maximum atomic E-state index is 5.88. The van der Waals surface area contributed by atoms with E-state index in [1.165, 1.54) is 24.0 Å². The van der Waals surface area contributed by atoms with E-state index in [1.54, 1.807) is 0 Å². The normalized spacial score (nSPS) is 20.6. The van der Waals surface area contributed by atoms with Crippen LogP contribution >= 0.6 is 0 Å². The SMILES string of the molecule is CC1(Oc2ccc3c(c2)C=NC3)CC1. The maximum Gasteiger partial charge on any atom is 0.120 e. The summed E-state index contributed by atoms with van der Waals surface area (Å²) in [7, 11) is 0. The Bertz CT molecular complexity index is 405. The molecule has 2 aliphatic rings. The van der Waals surface area contributed by atoms with Crippen LogP contribution in [0.25, 0.3) is 0 Å². The fourth-order valence-electron chi connectivity index (χ4n) is 1.71. The second-order valence-corrected chi connectivity index (χ2v) is 4.38. The molecule has 2 nitrogen and oxygen atoms in total. The number of fused-ring (bicyclic) bond motifs is 1. The van der Waals surface area contributed by atoms with Crippen molar-refractivity contribution in [3.05, 3.63) is 29.3 Å². The standard InChI is InChI=1S/C12H13NO/c1-12(4-5-12)14-11-3-2-9-7-13-8-10(9)6-11/h2-3,6,8H,4-5,7H2,1H3. The molecule has 1 aliphatic carbocycles. The van der Waals surface area contributed by atoms with Crippen LogP contribution < -0.4 is 4.74 Å². The summed E-state index contributed by atoms with van der Waals surface area (Å²) in [4.78, 5) is 4.22. The first-order chi connectivity index (χ1) is 6.75. The molecule has 0 amide bonds. The van der Waals surface area contributed by atoms with Crippen molar-refractivity contribution in [2.24, 2.45) is 4.99 Å². The van der Waals surface area contributed by atoms with Gasteiger partial charge in [-0.2, -0.15) is 0 Å². The molecule has 0 N–H and O–H groups in total. The second kappa shape index (κ2) is 2.59. The zero-order valence-corrected chi connectivity index (χ0v) is 8.29. The quantitative estimate of drug-likeness (QED) is 0.697. The predicted molar refractivity (Wildman–Crippen MR) is 56.0 cm³/mol. The molecule has 0 radical (unpaired) electrons. The highest BCUT2D eigenvalue weighted by molar-refractivity contribution is 5.84. The highest BCUT2D eigenvalue weighted by atomic mass is 16.5. The molecule has 1 saturated carbocycles. The van der Waals surface area contributed by atoms with Crippen LogP contribution in [-0.4, -0.2) is 11.8 Å². The molecule has 1 fully saturated rings. The van der Waals surface area contributed by atoms with E-state index in [4.69, 9.17) is 4.74 Å². The van der Waals surface area contributed by atoms with Crippen molar-refractivity contribution < 1.29 is 4.74 Å². The number of aliphatic imine (C=N–C) groups is 1. The van der Waals surface area contributed by atoms with E-state index in [0.29, 0.717) is 0 Å². The summed E-state index contributed by atoms with van der Waals surface area (Å²) in [6.07, 6.45) is 4.29. The van der Waals surface area contributed by atoms with Gasteiger partial charge < -0.3 is 4.74 Å². The number of ether oxygens (including phenoxy) is 1. The maximum absolute atomic E-state index is 5.88. The molecule has 0 saturated heterocycles. The van der Waals surface area contributed by atoms with E-state index in [0.717, 1.165) is 12.3 Å². The van der Waals surface area contributed by atoms with Crippen LogP contribution in [0.5, 0.6) is 5.75 Å². The molecule has 1 aromatic carbocycles. The van der Waals surface area contributed by atoms with Gasteiger partial charge in [0.15, 0.2) is 0 Å². The first-order valence-electron chi connectivity index (χ1n) is 5.07. The number of hydrogen-bond donors (Lipinski definition) is 0. The Morgan fingerprint density at radius 2 is 2.21 bits per heavy atom. The second-order valence-electron chi connectivity index (χ2n) is 4.38. The lowest BCUT2D eigenvalue weighted by Gasteiger charge is -2.13. The molecular formula is C12H13NO. The lowest BCUT2D eigenvalue weighted by atomic mass is 10.1. The lowest BCUT2D eigenvalue weighted by molar-refractivity contribution is 0.200. The summed E-state index contributed by atoms with van der Waals surface area (Å²) in [5, 5.41) is 0. The van der Waals surface area contributed by atoms with E-state index in [1.807, 2.05) is 6.21 Å². The Labute approximate surface area is 83.6 Å². The van der Waals surface area contributed by atoms with Crippen molar-refractivity contribution >= 4 is 6.21 Å². The van der Waals surface area contributed by atoms with Gasteiger partial charge in [-0.1, -0.05) is 6.07 Å². The van der Waals surface area contributed by atoms with Crippen LogP contribution in [0.15, 0.2) is 23.2 Å². The molecule has 0 spiro atoms. The third kappa shape index (κ3) is 1.31. The Hall–Kier alpha value is -1.31. The number of nitrogens with zero attached hydrogens (tertiary/aromatic N) is 1. The number of benzene rings is 1. The van der Waals surface area contributed by atoms with Crippen molar-refractivity contribution in [3.8, 4) is 5.75 Å². The van der Waals surface area contributed by atoms with Crippen molar-refractivity contribution in [2.45, 2.75) is 31.9 Å². The number of hydrogen-bond acceptors (Lipinski definition) is 2. The summed E-state index contributed by atoms with van der Waals surface area (Å²) in [6, 6.07) is 6.26. The fraction of sp³-hybridized carbons (Fsp3) is 0.417. The van der Waals surface area contributed by atoms with Crippen molar-refractivity contribution in [3.63, 3.8) is 0 Å². The average molecular weight is 187 g/mol. The molecule has 0 atom stereocenters. The molecule has 1 aliphatic heterocycles. The zero-order chi connectivity index (χ0) is 9.60. The van der Waals surface area contributed by atoms with Crippen LogP contribution in [-0.2, 0) is 6.54 Å². The van der Waals surface area contributed by atoms with Gasteiger partial charge in [0, 0.05) is 11.8 Å². The number of rotatable bonds is 2. The molecule has 72 valence electrons. The van der Waals surface area contributed by atoms with Crippen molar-refractivity contribution in [1.82, 2.24) is 0 Å². The molecule has 0 aromatic heterocycles. The Morgan fingerprint density at radius 3 is 3.00 bits per heavy atom. The van der Waals surface area contributed by atoms with Gasteiger partial charge in [0.05, 0.1) is 6.54 Å². The molecule has 14 heavy (non-hydrogen) atoms. The largest absolute Gasteiger partial charge is 0.488 e. The van der Waals surface area contributed by atoms with Gasteiger partial charge in [0.2, 0.25) is 0 Å². The summed E-state index contributed by atoms with van der Waals surface area (Å²) < 4.78 is 5.88. The van der Waals surface area contributed by atoms with Crippen molar-refractivity contribution in [1.29, 1.82) is 0 Å². The van der Waals surface area contributed by atoms with E-state index in [2.05, 4.69) is 30.1 Å². The van der Waals surface area contributed by atoms with Gasteiger partial charge in [-0.25, -0.2) is 0 Å². The Kier molecular flexibility index (Phi) is 1.49. The molecule has 0 unspecified atom stereocenters. The zero-order valence-electron chi connectivity index (χ0n) is 8.29. The van der Waals surface area contributed by atoms with Crippen LogP contribution in [0.1, 0.15) is 30.9 Å². The minimum absolute atomic E-state index is 0.115. The minimum atomic E-state index is 0.115. The molecule has 1 heterocycles. The summed E-state index contributed by atoms with van der Waals surface area (Å²) in [5.74, 6) is 0.983. The fourth-order valence-corrected chi connectivity index (χ4v) is 1.71. The summed E-state index contributed by atoms with van der Waals surface area (Å²) in [5.41, 5.74) is 2.63. The molecule has 1 aromatic rings. The first-order valence-corrected chi connectivity index (χ1v) is 5.07. The highest BCUT2D eigenvalue weighted by Crippen LogP contribution is 2.39. The van der Waals surface area contributed by atoms with Gasteiger partial charge in [-0.15, -0.1) is 0 Å². The summed E-state index contributed by atoms with van der Waals surface area (Å²) in [6.45, 7) is 2.99. The van der Waals surface area contributed by atoms with Crippen LogP contribution in [0, 0.1) is 0 Å².